The second kappa shape index (κ2) is 12.0. The van der Waals surface area contributed by atoms with Crippen molar-refractivity contribution < 1.29 is 4.74 Å². The molecule has 0 amide bonds. The number of hydrogen-bond donors (Lipinski definition) is 2. The van der Waals surface area contributed by atoms with Crippen LogP contribution in [0.25, 0.3) is 0 Å². The van der Waals surface area contributed by atoms with E-state index >= 15 is 0 Å². The van der Waals surface area contributed by atoms with Gasteiger partial charge in [-0.3, -0.25) is 9.89 Å². The lowest BCUT2D eigenvalue weighted by Crippen LogP contribution is -2.48. The zero-order valence-electron chi connectivity index (χ0n) is 18.4. The first-order valence-corrected chi connectivity index (χ1v) is 10.8. The molecule has 2 N–H and O–H groups in total. The van der Waals surface area contributed by atoms with E-state index in [1.165, 1.54) is 25.8 Å². The average molecular weight is 519 g/mol. The Morgan fingerprint density at radius 2 is 2.17 bits per heavy atom. The van der Waals surface area contributed by atoms with Gasteiger partial charge in [-0.1, -0.05) is 6.42 Å². The Bertz CT molecular complexity index is 651. The van der Waals surface area contributed by atoms with Crippen molar-refractivity contribution in [3.63, 3.8) is 0 Å². The monoisotopic (exact) mass is 519 g/mol. The van der Waals surface area contributed by atoms with Crippen LogP contribution < -0.4 is 10.6 Å². The van der Waals surface area contributed by atoms with Gasteiger partial charge in [0, 0.05) is 38.2 Å². The van der Waals surface area contributed by atoms with E-state index in [0.29, 0.717) is 24.7 Å². The number of piperidine rings is 1. The van der Waals surface area contributed by atoms with Gasteiger partial charge >= 0.3 is 0 Å². The largest absolute Gasteiger partial charge is 0.377 e. The van der Waals surface area contributed by atoms with E-state index in [1.807, 2.05) is 4.68 Å². The number of aryl methyl sites for hydroxylation is 1. The van der Waals surface area contributed by atoms with Crippen molar-refractivity contribution in [2.75, 3.05) is 26.7 Å². The second-order valence-corrected chi connectivity index (χ2v) is 8.09. The van der Waals surface area contributed by atoms with Crippen LogP contribution in [0.4, 0.5) is 0 Å². The van der Waals surface area contributed by atoms with Gasteiger partial charge < -0.3 is 15.4 Å². The number of fused-ring (bicyclic) bond motifs is 1. The van der Waals surface area contributed by atoms with E-state index in [-0.39, 0.29) is 24.0 Å². The van der Waals surface area contributed by atoms with Gasteiger partial charge in [0.2, 0.25) is 0 Å². The first-order chi connectivity index (χ1) is 13.6. The highest BCUT2D eigenvalue weighted by Gasteiger charge is 2.24. The minimum Gasteiger partial charge on any atom is -0.377 e. The number of ether oxygens (including phenoxy) is 1. The van der Waals surface area contributed by atoms with Crippen LogP contribution in [-0.4, -0.2) is 70.5 Å². The summed E-state index contributed by atoms with van der Waals surface area (Å²) in [6.07, 6.45) is 5.93. The van der Waals surface area contributed by atoms with Crippen LogP contribution in [-0.2, 0) is 24.3 Å². The van der Waals surface area contributed by atoms with Crippen LogP contribution in [0.3, 0.4) is 0 Å². The fourth-order valence-corrected chi connectivity index (χ4v) is 4.29. The third kappa shape index (κ3) is 6.78. The molecule has 1 saturated heterocycles. The minimum absolute atomic E-state index is 0. The van der Waals surface area contributed by atoms with E-state index in [4.69, 9.17) is 9.73 Å². The number of likely N-dealkylation sites (tertiary alicyclic amines) is 1. The molecule has 29 heavy (non-hydrogen) atoms. The Kier molecular flexibility index (Phi) is 10.1. The van der Waals surface area contributed by atoms with Crippen molar-refractivity contribution in [2.45, 2.75) is 84.2 Å². The Labute approximate surface area is 192 Å². The smallest absolute Gasteiger partial charge is 0.191 e. The van der Waals surface area contributed by atoms with Gasteiger partial charge in [-0.05, 0) is 46.6 Å². The Balaban J connectivity index is 0.00000300. The summed E-state index contributed by atoms with van der Waals surface area (Å²) in [5.41, 5.74) is 0. The quantitative estimate of drug-likeness (QED) is 0.327. The highest BCUT2D eigenvalue weighted by atomic mass is 127. The summed E-state index contributed by atoms with van der Waals surface area (Å²) in [6.45, 7) is 10.9. The molecule has 0 bridgehead atoms. The van der Waals surface area contributed by atoms with Gasteiger partial charge in [0.25, 0.3) is 0 Å². The molecule has 0 radical (unpaired) electrons. The average Bonchev–Trinajstić information content (AvgIpc) is 3.08. The minimum atomic E-state index is 0. The summed E-state index contributed by atoms with van der Waals surface area (Å²) >= 11 is 0. The Morgan fingerprint density at radius 3 is 2.90 bits per heavy atom. The third-order valence-corrected chi connectivity index (χ3v) is 5.79. The van der Waals surface area contributed by atoms with Crippen molar-refractivity contribution in [3.8, 4) is 0 Å². The maximum absolute atomic E-state index is 5.15. The molecule has 3 rings (SSSR count). The molecule has 8 nitrogen and oxygen atoms in total. The van der Waals surface area contributed by atoms with Crippen LogP contribution >= 0.6 is 24.0 Å². The number of nitrogens with zero attached hydrogens (tertiary/aromatic N) is 5. The first-order valence-electron chi connectivity index (χ1n) is 10.8. The van der Waals surface area contributed by atoms with Gasteiger partial charge in [0.1, 0.15) is 12.4 Å². The summed E-state index contributed by atoms with van der Waals surface area (Å²) in [4.78, 5) is 12.1. The standard InChI is InChI=1S/C20H37N7O.HI/c1-5-21-20(22-12-16(3)26-11-7-6-8-15(26)2)23-17-9-10-19-24-18(14-28-4)25-27(19)13-17;/h15-17H,5-14H2,1-4H3,(H2,21,22,23);1H. The maximum atomic E-state index is 5.15. The highest BCUT2D eigenvalue weighted by molar-refractivity contribution is 14.0. The summed E-state index contributed by atoms with van der Waals surface area (Å²) in [5.74, 6) is 2.73. The topological polar surface area (TPSA) is 79.6 Å². The van der Waals surface area contributed by atoms with E-state index in [0.717, 1.165) is 50.1 Å². The predicted molar refractivity (Wildman–Crippen MR) is 127 cm³/mol. The van der Waals surface area contributed by atoms with Crippen molar-refractivity contribution in [3.05, 3.63) is 11.6 Å². The van der Waals surface area contributed by atoms with E-state index in [2.05, 4.69) is 46.4 Å². The molecule has 3 atom stereocenters. The number of nitrogens with one attached hydrogen (secondary N) is 2. The summed E-state index contributed by atoms with van der Waals surface area (Å²) < 4.78 is 7.16. The zero-order chi connectivity index (χ0) is 19.9. The van der Waals surface area contributed by atoms with Gasteiger partial charge in [-0.15, -0.1) is 24.0 Å². The number of hydrogen-bond acceptors (Lipinski definition) is 5. The van der Waals surface area contributed by atoms with Gasteiger partial charge in [0.05, 0.1) is 13.1 Å². The zero-order valence-corrected chi connectivity index (χ0v) is 20.7. The molecule has 3 unspecified atom stereocenters. The lowest BCUT2D eigenvalue weighted by Gasteiger charge is -2.37. The van der Waals surface area contributed by atoms with Crippen LogP contribution in [0.15, 0.2) is 4.99 Å². The van der Waals surface area contributed by atoms with Crippen molar-refractivity contribution in [2.24, 2.45) is 4.99 Å². The molecule has 0 aliphatic carbocycles. The molecule has 3 heterocycles. The number of aliphatic imine (C=N–C) groups is 1. The number of halogens is 1. The number of aromatic nitrogens is 3. The molecular weight excluding hydrogens is 481 g/mol. The summed E-state index contributed by atoms with van der Waals surface area (Å²) in [6, 6.07) is 1.45. The van der Waals surface area contributed by atoms with Gasteiger partial charge in [-0.2, -0.15) is 5.10 Å². The SMILES string of the molecule is CCNC(=NCC(C)N1CCCCC1C)NC1CCc2nc(COC)nn2C1.I. The summed E-state index contributed by atoms with van der Waals surface area (Å²) in [7, 11) is 1.68. The molecule has 0 aromatic carbocycles. The summed E-state index contributed by atoms with van der Waals surface area (Å²) in [5, 5.41) is 11.6. The molecule has 9 heteroatoms. The van der Waals surface area contributed by atoms with Crippen molar-refractivity contribution in [1.29, 1.82) is 0 Å². The molecule has 2 aliphatic heterocycles. The normalized spacial score (nSPS) is 23.8. The van der Waals surface area contributed by atoms with Crippen molar-refractivity contribution in [1.82, 2.24) is 30.3 Å². The van der Waals surface area contributed by atoms with Crippen LogP contribution in [0.1, 0.15) is 58.1 Å². The molecule has 0 spiro atoms. The molecule has 0 saturated carbocycles. The molecular formula is C20H38IN7O. The number of methoxy groups -OCH3 is 1. The molecule has 1 fully saturated rings. The fourth-order valence-electron chi connectivity index (χ4n) is 4.29. The van der Waals surface area contributed by atoms with Crippen molar-refractivity contribution >= 4 is 29.9 Å². The third-order valence-electron chi connectivity index (χ3n) is 5.79. The highest BCUT2D eigenvalue weighted by Crippen LogP contribution is 2.19. The van der Waals surface area contributed by atoms with Crippen LogP contribution in [0.5, 0.6) is 0 Å². The lowest BCUT2D eigenvalue weighted by molar-refractivity contribution is 0.118. The predicted octanol–water partition coefficient (Wildman–Crippen LogP) is 2.18. The Hall–Kier alpha value is -0.940. The number of rotatable bonds is 7. The van der Waals surface area contributed by atoms with E-state index in [9.17, 15) is 0 Å². The van der Waals surface area contributed by atoms with E-state index in [1.54, 1.807) is 7.11 Å². The molecule has 166 valence electrons. The number of guanidine groups is 1. The second-order valence-electron chi connectivity index (χ2n) is 8.09. The van der Waals surface area contributed by atoms with Gasteiger partial charge in [-0.25, -0.2) is 9.67 Å². The molecule has 2 aliphatic rings. The van der Waals surface area contributed by atoms with Crippen LogP contribution in [0, 0.1) is 0 Å². The maximum Gasteiger partial charge on any atom is 0.191 e. The first kappa shape index (κ1) is 24.3. The molecule has 1 aromatic rings. The van der Waals surface area contributed by atoms with E-state index < -0.39 is 0 Å². The molecule has 1 aromatic heterocycles. The lowest BCUT2D eigenvalue weighted by atomic mass is 10.0. The van der Waals surface area contributed by atoms with Gasteiger partial charge in [0.15, 0.2) is 11.8 Å². The van der Waals surface area contributed by atoms with Crippen LogP contribution in [0.2, 0.25) is 0 Å². The Morgan fingerprint density at radius 1 is 1.34 bits per heavy atom. The fraction of sp³-hybridized carbons (Fsp3) is 0.850.